The van der Waals surface area contributed by atoms with E-state index in [1.165, 1.54) is 4.90 Å². The van der Waals surface area contributed by atoms with E-state index in [2.05, 4.69) is 8.75 Å². The zero-order valence-electron chi connectivity index (χ0n) is 13.2. The Morgan fingerprint density at radius 2 is 1.88 bits per heavy atom. The van der Waals surface area contributed by atoms with Gasteiger partial charge in [-0.3, -0.25) is 4.79 Å². The summed E-state index contributed by atoms with van der Waals surface area (Å²) in [5, 5.41) is 0. The van der Waals surface area contributed by atoms with E-state index in [4.69, 9.17) is 4.74 Å². The van der Waals surface area contributed by atoms with Gasteiger partial charge in [-0.1, -0.05) is 12.1 Å². The van der Waals surface area contributed by atoms with Crippen molar-refractivity contribution in [2.45, 2.75) is 6.92 Å². The summed E-state index contributed by atoms with van der Waals surface area (Å²) in [6, 6.07) is 12.0. The number of fused-ring (bicyclic) bond motifs is 1. The lowest BCUT2D eigenvalue weighted by Gasteiger charge is -2.20. The molecule has 122 valence electrons. The van der Waals surface area contributed by atoms with Crippen LogP contribution in [0, 0.1) is 0 Å². The van der Waals surface area contributed by atoms with E-state index >= 15 is 0 Å². The van der Waals surface area contributed by atoms with Gasteiger partial charge in [0.2, 0.25) is 0 Å². The fourth-order valence-corrected chi connectivity index (χ4v) is 2.88. The van der Waals surface area contributed by atoms with Gasteiger partial charge in [0.05, 0.1) is 29.6 Å². The third kappa shape index (κ3) is 2.98. The molecule has 0 spiro atoms. The number of carbonyl (C=O) groups excluding carboxylic acids is 2. The minimum atomic E-state index is -0.452. The molecule has 1 amide bonds. The van der Waals surface area contributed by atoms with Crippen LogP contribution in [0.1, 0.15) is 27.6 Å². The van der Waals surface area contributed by atoms with E-state index < -0.39 is 5.97 Å². The summed E-state index contributed by atoms with van der Waals surface area (Å²) in [6.07, 6.45) is 0. The van der Waals surface area contributed by atoms with Crippen LogP contribution in [0.5, 0.6) is 0 Å². The molecule has 1 heterocycles. The van der Waals surface area contributed by atoms with E-state index in [1.807, 2.05) is 0 Å². The second kappa shape index (κ2) is 6.76. The van der Waals surface area contributed by atoms with Crippen molar-refractivity contribution in [1.82, 2.24) is 8.75 Å². The summed E-state index contributed by atoms with van der Waals surface area (Å²) in [6.45, 7) is 2.02. The Morgan fingerprint density at radius 3 is 2.67 bits per heavy atom. The van der Waals surface area contributed by atoms with Gasteiger partial charge in [-0.05, 0) is 37.3 Å². The Bertz CT molecular complexity index is 907. The standard InChI is InChI=1S/C17H15N3O3S/c1-3-23-17(22)12-6-4-5-7-15(12)20(2)16(21)11-8-9-13-14(10-11)19-24-18-13/h4-10H,3H2,1-2H3. The number of amides is 1. The molecule has 0 unspecified atom stereocenters. The number of ether oxygens (including phenoxy) is 1. The normalized spacial score (nSPS) is 10.6. The molecule has 1 aromatic heterocycles. The average Bonchev–Trinajstić information content (AvgIpc) is 3.08. The number of nitrogens with zero attached hydrogens (tertiary/aromatic N) is 3. The molecule has 6 nitrogen and oxygen atoms in total. The topological polar surface area (TPSA) is 72.4 Å². The van der Waals surface area contributed by atoms with Crippen LogP contribution in [0.2, 0.25) is 0 Å². The third-order valence-corrected chi connectivity index (χ3v) is 4.12. The van der Waals surface area contributed by atoms with Crippen LogP contribution in [-0.4, -0.2) is 34.3 Å². The Morgan fingerprint density at radius 1 is 1.12 bits per heavy atom. The molecule has 0 aliphatic rings. The highest BCUT2D eigenvalue weighted by molar-refractivity contribution is 7.00. The summed E-state index contributed by atoms with van der Waals surface area (Å²) in [5.74, 6) is -0.687. The minimum absolute atomic E-state index is 0.235. The lowest BCUT2D eigenvalue weighted by molar-refractivity contribution is 0.0527. The molecule has 0 bridgehead atoms. The van der Waals surface area contributed by atoms with Crippen LogP contribution < -0.4 is 4.90 Å². The summed E-state index contributed by atoms with van der Waals surface area (Å²) in [4.78, 5) is 26.3. The average molecular weight is 341 g/mol. The van der Waals surface area contributed by atoms with Gasteiger partial charge in [-0.25, -0.2) is 4.79 Å². The van der Waals surface area contributed by atoms with Crippen molar-refractivity contribution in [3.8, 4) is 0 Å². The minimum Gasteiger partial charge on any atom is -0.462 e. The summed E-state index contributed by atoms with van der Waals surface area (Å²) in [5.41, 5.74) is 2.77. The first-order chi connectivity index (χ1) is 11.6. The van der Waals surface area contributed by atoms with Crippen molar-refractivity contribution in [2.24, 2.45) is 0 Å². The van der Waals surface area contributed by atoms with Gasteiger partial charge in [-0.2, -0.15) is 8.75 Å². The number of hydrogen-bond acceptors (Lipinski definition) is 6. The first kappa shape index (κ1) is 16.1. The maximum Gasteiger partial charge on any atom is 0.340 e. The lowest BCUT2D eigenvalue weighted by Crippen LogP contribution is -2.28. The second-order valence-corrected chi connectivity index (χ2v) is 5.60. The van der Waals surface area contributed by atoms with Crippen molar-refractivity contribution in [3.05, 3.63) is 53.6 Å². The zero-order chi connectivity index (χ0) is 17.1. The predicted molar refractivity (Wildman–Crippen MR) is 92.5 cm³/mol. The van der Waals surface area contributed by atoms with Gasteiger partial charge in [0.1, 0.15) is 11.0 Å². The number of aromatic nitrogens is 2. The molecule has 0 radical (unpaired) electrons. The van der Waals surface area contributed by atoms with Crippen molar-refractivity contribution in [2.75, 3.05) is 18.6 Å². The fraction of sp³-hybridized carbons (Fsp3) is 0.176. The molecule has 0 saturated carbocycles. The van der Waals surface area contributed by atoms with Crippen molar-refractivity contribution < 1.29 is 14.3 Å². The third-order valence-electron chi connectivity index (χ3n) is 3.57. The molecule has 0 fully saturated rings. The summed E-state index contributed by atoms with van der Waals surface area (Å²) >= 11 is 1.10. The second-order valence-electron chi connectivity index (χ2n) is 5.07. The number of para-hydroxylation sites is 1. The highest BCUT2D eigenvalue weighted by Crippen LogP contribution is 2.23. The molecule has 0 saturated heterocycles. The number of hydrogen-bond donors (Lipinski definition) is 0. The maximum absolute atomic E-state index is 12.8. The van der Waals surface area contributed by atoms with Crippen LogP contribution in [0.15, 0.2) is 42.5 Å². The fourth-order valence-electron chi connectivity index (χ4n) is 2.37. The Hall–Kier alpha value is -2.80. The van der Waals surface area contributed by atoms with Crippen molar-refractivity contribution in [3.63, 3.8) is 0 Å². The van der Waals surface area contributed by atoms with Crippen LogP contribution in [0.3, 0.4) is 0 Å². The molecule has 3 rings (SSSR count). The van der Waals surface area contributed by atoms with Gasteiger partial charge in [0.15, 0.2) is 0 Å². The zero-order valence-corrected chi connectivity index (χ0v) is 14.0. The van der Waals surface area contributed by atoms with Crippen LogP contribution in [0.25, 0.3) is 11.0 Å². The molecule has 2 aromatic carbocycles. The highest BCUT2D eigenvalue weighted by Gasteiger charge is 2.20. The van der Waals surface area contributed by atoms with Crippen molar-refractivity contribution >= 4 is 40.3 Å². The van der Waals surface area contributed by atoms with Gasteiger partial charge in [0.25, 0.3) is 5.91 Å². The largest absolute Gasteiger partial charge is 0.462 e. The first-order valence-electron chi connectivity index (χ1n) is 7.38. The van der Waals surface area contributed by atoms with E-state index in [9.17, 15) is 9.59 Å². The number of anilines is 1. The quantitative estimate of drug-likeness (QED) is 0.682. The predicted octanol–water partition coefficient (Wildman–Crippen LogP) is 3.14. The number of rotatable bonds is 4. The number of esters is 1. The van der Waals surface area contributed by atoms with E-state index in [1.54, 1.807) is 56.4 Å². The summed E-state index contributed by atoms with van der Waals surface area (Å²) < 4.78 is 13.3. The van der Waals surface area contributed by atoms with Crippen LogP contribution >= 0.6 is 11.7 Å². The SMILES string of the molecule is CCOC(=O)c1ccccc1N(C)C(=O)c1ccc2nsnc2c1. The van der Waals surface area contributed by atoms with E-state index in [-0.39, 0.29) is 12.5 Å². The molecule has 24 heavy (non-hydrogen) atoms. The van der Waals surface area contributed by atoms with Crippen LogP contribution in [0.4, 0.5) is 5.69 Å². The Kier molecular flexibility index (Phi) is 4.52. The molecular weight excluding hydrogens is 326 g/mol. The molecule has 3 aromatic rings. The molecule has 0 N–H and O–H groups in total. The van der Waals surface area contributed by atoms with Gasteiger partial charge >= 0.3 is 5.97 Å². The Balaban J connectivity index is 1.94. The van der Waals surface area contributed by atoms with E-state index in [0.29, 0.717) is 22.3 Å². The monoisotopic (exact) mass is 341 g/mol. The van der Waals surface area contributed by atoms with Crippen LogP contribution in [-0.2, 0) is 4.74 Å². The van der Waals surface area contributed by atoms with Gasteiger partial charge < -0.3 is 9.64 Å². The number of carbonyl (C=O) groups is 2. The van der Waals surface area contributed by atoms with Gasteiger partial charge in [-0.15, -0.1) is 0 Å². The smallest absolute Gasteiger partial charge is 0.340 e. The molecule has 7 heteroatoms. The molecule has 0 aliphatic heterocycles. The molecule has 0 atom stereocenters. The van der Waals surface area contributed by atoms with Crippen molar-refractivity contribution in [1.29, 1.82) is 0 Å². The number of benzene rings is 2. The molecular formula is C17H15N3O3S. The maximum atomic E-state index is 12.8. The summed E-state index contributed by atoms with van der Waals surface area (Å²) in [7, 11) is 1.63. The highest BCUT2D eigenvalue weighted by atomic mass is 32.1. The first-order valence-corrected chi connectivity index (χ1v) is 8.11. The Labute approximate surface area is 143 Å². The lowest BCUT2D eigenvalue weighted by atomic mass is 10.1. The molecule has 0 aliphatic carbocycles. The van der Waals surface area contributed by atoms with Gasteiger partial charge in [0, 0.05) is 12.6 Å². The van der Waals surface area contributed by atoms with E-state index in [0.717, 1.165) is 17.2 Å².